The van der Waals surface area contributed by atoms with E-state index in [1.54, 1.807) is 30.3 Å². The molecule has 1 heterocycles. The molecule has 38 heavy (non-hydrogen) atoms. The third-order valence-electron chi connectivity index (χ3n) is 6.36. The van der Waals surface area contributed by atoms with Crippen LogP contribution in [0.4, 0.5) is 15.8 Å². The van der Waals surface area contributed by atoms with Crippen LogP contribution in [-0.4, -0.2) is 10.9 Å². The number of nitrogens with one attached hydrogen (secondary N) is 2. The Morgan fingerprint density at radius 3 is 2.37 bits per heavy atom. The Labute approximate surface area is 225 Å². The zero-order valence-corrected chi connectivity index (χ0v) is 23.2. The number of fused-ring (bicyclic) bond motifs is 1. The van der Waals surface area contributed by atoms with Gasteiger partial charge in [0, 0.05) is 29.3 Å². The van der Waals surface area contributed by atoms with Crippen LogP contribution < -0.4 is 15.4 Å². The monoisotopic (exact) mass is 518 g/mol. The molecule has 3 N–H and O–H groups in total. The van der Waals surface area contributed by atoms with Crippen molar-refractivity contribution in [3.63, 3.8) is 0 Å². The number of carbonyl (C=O) groups excluding carboxylic acids is 1. The zero-order valence-electron chi connectivity index (χ0n) is 23.2. The summed E-state index contributed by atoms with van der Waals surface area (Å²) in [6.07, 6.45) is 0.980. The van der Waals surface area contributed by atoms with E-state index in [1.807, 2.05) is 71.9 Å². The summed E-state index contributed by atoms with van der Waals surface area (Å²) >= 11 is 0. The van der Waals surface area contributed by atoms with E-state index in [0.717, 1.165) is 5.56 Å². The molecule has 1 aliphatic heterocycles. The van der Waals surface area contributed by atoms with Crippen molar-refractivity contribution in [2.45, 2.75) is 67.0 Å². The molecule has 0 saturated carbocycles. The Hall–Kier alpha value is -3.80. The number of Topliss-reactive ketones (excluding diaryl/α,β-unsaturated/α-hetero) is 1. The van der Waals surface area contributed by atoms with E-state index in [2.05, 4.69) is 10.6 Å². The number of benzene rings is 3. The van der Waals surface area contributed by atoms with Crippen LogP contribution in [-0.2, 0) is 11.4 Å². The van der Waals surface area contributed by atoms with Crippen molar-refractivity contribution in [1.29, 1.82) is 0 Å². The molecule has 0 amide bonds. The molecule has 0 bridgehead atoms. The topological polar surface area (TPSA) is 70.6 Å². The molecule has 0 spiro atoms. The maximum absolute atomic E-state index is 15.5. The first kappa shape index (κ1) is 28.8. The molecule has 3 aromatic rings. The highest BCUT2D eigenvalue weighted by atomic mass is 19.1. The maximum Gasteiger partial charge on any atom is 0.163 e. The SMILES string of the molecule is CC.CC.CC1(C)CC(=O)C2=C(C1)Nc1c(O)cccc1NC2c1ccc(OCc2ccccc2)cc1F. The molecule has 1 aliphatic carbocycles. The number of ether oxygens (including phenoxy) is 1. The van der Waals surface area contributed by atoms with Crippen molar-refractivity contribution in [2.75, 3.05) is 10.6 Å². The van der Waals surface area contributed by atoms with Gasteiger partial charge in [-0.3, -0.25) is 4.79 Å². The number of hydrogen-bond acceptors (Lipinski definition) is 5. The molecular weight excluding hydrogens is 479 g/mol. The van der Waals surface area contributed by atoms with E-state index in [-0.39, 0.29) is 16.9 Å². The lowest BCUT2D eigenvalue weighted by Gasteiger charge is -2.34. The van der Waals surface area contributed by atoms with E-state index < -0.39 is 11.9 Å². The molecule has 5 rings (SSSR count). The number of para-hydroxylation sites is 1. The van der Waals surface area contributed by atoms with Gasteiger partial charge in [-0.2, -0.15) is 0 Å². The van der Waals surface area contributed by atoms with Crippen molar-refractivity contribution >= 4 is 17.2 Å². The second kappa shape index (κ2) is 12.6. The van der Waals surface area contributed by atoms with Crippen LogP contribution in [0.5, 0.6) is 11.5 Å². The number of halogens is 1. The fourth-order valence-electron chi connectivity index (χ4n) is 4.76. The van der Waals surface area contributed by atoms with Gasteiger partial charge in [-0.25, -0.2) is 4.39 Å². The van der Waals surface area contributed by atoms with Crippen molar-refractivity contribution in [1.82, 2.24) is 0 Å². The standard InChI is InChI=1S/C28H27FN2O3.2C2H6/c1-28(2)14-22-25(24(33)15-28)26(30-21-9-6-10-23(32)27(21)31-22)19-12-11-18(13-20(19)29)34-16-17-7-4-3-5-8-17;2*1-2/h3-13,26,30-32H,14-16H2,1-2H3;2*1-2H3. The van der Waals surface area contributed by atoms with Crippen LogP contribution in [0.2, 0.25) is 0 Å². The molecule has 0 fully saturated rings. The highest BCUT2D eigenvalue weighted by molar-refractivity contribution is 6.01. The first-order valence-electron chi connectivity index (χ1n) is 13.4. The van der Waals surface area contributed by atoms with Crippen LogP contribution >= 0.6 is 0 Å². The molecule has 0 aromatic heterocycles. The van der Waals surface area contributed by atoms with Gasteiger partial charge in [-0.15, -0.1) is 0 Å². The van der Waals surface area contributed by atoms with Gasteiger partial charge in [-0.1, -0.05) is 77.9 Å². The van der Waals surface area contributed by atoms with Crippen LogP contribution in [0.15, 0.2) is 78.0 Å². The Morgan fingerprint density at radius 1 is 0.974 bits per heavy atom. The third kappa shape index (κ3) is 6.36. The fourth-order valence-corrected chi connectivity index (χ4v) is 4.76. The number of allylic oxidation sites excluding steroid dienone is 1. The molecular formula is C32H39FN2O3. The molecule has 5 nitrogen and oxygen atoms in total. The molecule has 0 saturated heterocycles. The number of ketones is 1. The van der Waals surface area contributed by atoms with Gasteiger partial charge in [0.1, 0.15) is 29.6 Å². The van der Waals surface area contributed by atoms with Crippen LogP contribution in [0.25, 0.3) is 0 Å². The van der Waals surface area contributed by atoms with E-state index in [1.165, 1.54) is 6.07 Å². The van der Waals surface area contributed by atoms with E-state index in [0.29, 0.717) is 53.4 Å². The molecule has 6 heteroatoms. The predicted molar refractivity (Wildman–Crippen MR) is 153 cm³/mol. The maximum atomic E-state index is 15.5. The highest BCUT2D eigenvalue weighted by Gasteiger charge is 2.39. The number of rotatable bonds is 4. The summed E-state index contributed by atoms with van der Waals surface area (Å²) in [5, 5.41) is 17.1. The summed E-state index contributed by atoms with van der Waals surface area (Å²) in [6, 6.07) is 18.8. The van der Waals surface area contributed by atoms with Crippen molar-refractivity contribution in [3.8, 4) is 11.5 Å². The van der Waals surface area contributed by atoms with Gasteiger partial charge in [-0.05, 0) is 41.7 Å². The highest BCUT2D eigenvalue weighted by Crippen LogP contribution is 2.47. The minimum absolute atomic E-state index is 0.0349. The average Bonchev–Trinajstić information content (AvgIpc) is 3.07. The Morgan fingerprint density at radius 2 is 1.68 bits per heavy atom. The molecule has 0 radical (unpaired) electrons. The lowest BCUT2D eigenvalue weighted by Crippen LogP contribution is -2.31. The summed E-state index contributed by atoms with van der Waals surface area (Å²) in [7, 11) is 0. The normalized spacial score (nSPS) is 17.1. The van der Waals surface area contributed by atoms with E-state index in [4.69, 9.17) is 4.74 Å². The largest absolute Gasteiger partial charge is 0.506 e. The molecule has 2 aliphatic rings. The first-order valence-corrected chi connectivity index (χ1v) is 13.4. The zero-order chi connectivity index (χ0) is 27.9. The number of phenolic OH excluding ortho intramolecular Hbond substituents is 1. The first-order chi connectivity index (χ1) is 18.3. The Balaban J connectivity index is 0.000000956. The fraction of sp³-hybridized carbons (Fsp3) is 0.344. The van der Waals surface area contributed by atoms with Gasteiger partial charge >= 0.3 is 0 Å². The van der Waals surface area contributed by atoms with Crippen LogP contribution in [0.3, 0.4) is 0 Å². The van der Waals surface area contributed by atoms with Gasteiger partial charge in [0.2, 0.25) is 0 Å². The lowest BCUT2D eigenvalue weighted by atomic mass is 9.73. The second-order valence-electron chi connectivity index (χ2n) is 9.69. The predicted octanol–water partition coefficient (Wildman–Crippen LogP) is 8.38. The number of aromatic hydroxyl groups is 1. The van der Waals surface area contributed by atoms with Crippen LogP contribution in [0, 0.1) is 11.2 Å². The molecule has 202 valence electrons. The summed E-state index contributed by atoms with van der Waals surface area (Å²) in [5.74, 6) is -0.0119. The van der Waals surface area contributed by atoms with Gasteiger partial charge in [0.25, 0.3) is 0 Å². The van der Waals surface area contributed by atoms with Crippen LogP contribution in [0.1, 0.15) is 71.6 Å². The average molecular weight is 519 g/mol. The lowest BCUT2D eigenvalue weighted by molar-refractivity contribution is -0.118. The molecule has 1 atom stereocenters. The van der Waals surface area contributed by atoms with Gasteiger partial charge in [0.15, 0.2) is 5.78 Å². The van der Waals surface area contributed by atoms with Crippen molar-refractivity contribution in [3.05, 3.63) is 94.9 Å². The third-order valence-corrected chi connectivity index (χ3v) is 6.36. The molecule has 1 unspecified atom stereocenters. The summed E-state index contributed by atoms with van der Waals surface area (Å²) < 4.78 is 21.2. The summed E-state index contributed by atoms with van der Waals surface area (Å²) in [6.45, 7) is 12.4. The van der Waals surface area contributed by atoms with Gasteiger partial charge in [0.05, 0.1) is 11.7 Å². The second-order valence-corrected chi connectivity index (χ2v) is 9.69. The number of anilines is 2. The number of hydrogen-bond donors (Lipinski definition) is 3. The van der Waals surface area contributed by atoms with Gasteiger partial charge < -0.3 is 20.5 Å². The number of phenols is 1. The minimum Gasteiger partial charge on any atom is -0.506 e. The molecule has 3 aromatic carbocycles. The smallest absolute Gasteiger partial charge is 0.163 e. The van der Waals surface area contributed by atoms with E-state index >= 15 is 4.39 Å². The summed E-state index contributed by atoms with van der Waals surface area (Å²) in [4.78, 5) is 13.3. The van der Waals surface area contributed by atoms with Crippen molar-refractivity contribution in [2.24, 2.45) is 5.41 Å². The van der Waals surface area contributed by atoms with E-state index in [9.17, 15) is 9.90 Å². The summed E-state index contributed by atoms with van der Waals surface area (Å²) in [5.41, 5.74) is 3.42. The minimum atomic E-state index is -0.697. The Bertz CT molecular complexity index is 1290. The van der Waals surface area contributed by atoms with Crippen molar-refractivity contribution < 1.29 is 19.0 Å². The Kier molecular flexibility index (Phi) is 9.56. The number of carbonyl (C=O) groups is 1. The quantitative estimate of drug-likeness (QED) is 0.303.